The van der Waals surface area contributed by atoms with Gasteiger partial charge in [-0.15, -0.1) is 0 Å². The Labute approximate surface area is 387 Å². The number of nitrogens with zero attached hydrogens (tertiary/aromatic N) is 1. The maximum Gasteiger partial charge on any atom is 0.336 e. The largest absolute Gasteiger partial charge is 0.481 e. The predicted molar refractivity (Wildman–Crippen MR) is 237 cm³/mol. The third kappa shape index (κ3) is 13.5. The average Bonchev–Trinajstić information content (AvgIpc) is 3.65. The van der Waals surface area contributed by atoms with E-state index in [2.05, 4.69) is 58.1 Å². The minimum Gasteiger partial charge on any atom is -0.481 e. The first-order valence-electron chi connectivity index (χ1n) is 20.8. The van der Waals surface area contributed by atoms with Crippen LogP contribution in [0.5, 0.6) is 0 Å². The fourth-order valence-electron chi connectivity index (χ4n) is 7.89. The monoisotopic (exact) mass is 951 g/mol. The summed E-state index contributed by atoms with van der Waals surface area (Å²) in [6.45, 7) is 1.67. The minimum absolute atomic E-state index is 0.215. The van der Waals surface area contributed by atoms with Crippen molar-refractivity contribution in [3.63, 3.8) is 0 Å². The summed E-state index contributed by atoms with van der Waals surface area (Å²) in [7, 11) is 0. The standard InChI is InChI=1S/C34H34ClN3O3.2C6H8O7/c35-27-11-12-29-30(15-18-37-31(29)22-27)38-20-19-36-28-13-16-33(17-14-28)39-32-21-25(24-7-3-1-4-8-24)23-34(32,41-40-33)26-9-5-2-6-10-26;2*7-3(8)1-6(13,5(11)12)2-4(9)10/h1-12,15,18,21-22,28,32,36H,13-14,16-17,19-20,23H2,(H,37,38);2*13H,1-2H2,(H,7,8)(H,9,10)(H,11,12). The fourth-order valence-corrected chi connectivity index (χ4v) is 8.06. The van der Waals surface area contributed by atoms with E-state index < -0.39 is 84.1 Å². The Kier molecular flexibility index (Phi) is 17.1. The highest BCUT2D eigenvalue weighted by molar-refractivity contribution is 6.31. The summed E-state index contributed by atoms with van der Waals surface area (Å²) < 4.78 is 6.85. The van der Waals surface area contributed by atoms with E-state index in [0.717, 1.165) is 60.9 Å². The van der Waals surface area contributed by atoms with Crippen molar-refractivity contribution < 1.29 is 84.1 Å². The van der Waals surface area contributed by atoms with Gasteiger partial charge in [0, 0.05) is 60.7 Å². The van der Waals surface area contributed by atoms with E-state index in [1.54, 1.807) is 0 Å². The Bertz CT molecular complexity index is 2360. The number of hydrogen-bond donors (Lipinski definition) is 10. The molecule has 358 valence electrons. The summed E-state index contributed by atoms with van der Waals surface area (Å²) >= 11 is 6.13. The van der Waals surface area contributed by atoms with Crippen molar-refractivity contribution in [1.29, 1.82) is 0 Å². The smallest absolute Gasteiger partial charge is 0.336 e. The van der Waals surface area contributed by atoms with Gasteiger partial charge in [-0.2, -0.15) is 0 Å². The Morgan fingerprint density at radius 2 is 1.24 bits per heavy atom. The first-order valence-corrected chi connectivity index (χ1v) is 21.2. The van der Waals surface area contributed by atoms with E-state index in [-0.39, 0.29) is 6.10 Å². The molecule has 1 saturated carbocycles. The van der Waals surface area contributed by atoms with Gasteiger partial charge in [-0.1, -0.05) is 72.3 Å². The number of aliphatic hydroxyl groups is 2. The second-order valence-corrected chi connectivity index (χ2v) is 16.7. The molecule has 7 rings (SSSR count). The van der Waals surface area contributed by atoms with Gasteiger partial charge in [-0.25, -0.2) is 19.4 Å². The maximum atomic E-state index is 10.3. The van der Waals surface area contributed by atoms with Crippen LogP contribution in [-0.2, 0) is 48.9 Å². The summed E-state index contributed by atoms with van der Waals surface area (Å²) in [5.74, 6) is -10.8. The van der Waals surface area contributed by atoms with Crippen molar-refractivity contribution in [2.24, 2.45) is 0 Å². The molecule has 3 aromatic carbocycles. The topological polar surface area (TPSA) is 329 Å². The van der Waals surface area contributed by atoms with Gasteiger partial charge < -0.3 is 56.2 Å². The van der Waals surface area contributed by atoms with Crippen LogP contribution in [0, 0.1) is 0 Å². The van der Waals surface area contributed by atoms with Crippen molar-refractivity contribution >= 4 is 69.6 Å². The molecule has 2 fully saturated rings. The number of anilines is 1. The van der Waals surface area contributed by atoms with E-state index in [1.165, 1.54) is 11.1 Å². The average molecular weight is 952 g/mol. The highest BCUT2D eigenvalue weighted by atomic mass is 35.5. The quantitative estimate of drug-likeness (QED) is 0.0504. The molecule has 67 heavy (non-hydrogen) atoms. The zero-order valence-electron chi connectivity index (χ0n) is 35.7. The summed E-state index contributed by atoms with van der Waals surface area (Å²) in [6, 6.07) is 29.1. The molecule has 3 aliphatic rings. The van der Waals surface area contributed by atoms with Crippen molar-refractivity contribution in [3.8, 4) is 0 Å². The number of pyridine rings is 1. The number of benzene rings is 3. The van der Waals surface area contributed by atoms with Crippen LogP contribution in [0.15, 0.2) is 97.2 Å². The molecule has 20 nitrogen and oxygen atoms in total. The number of ether oxygens (including phenoxy) is 1. The number of carbonyl (C=O) groups is 6. The van der Waals surface area contributed by atoms with E-state index in [4.69, 9.17) is 67.0 Å². The SMILES string of the molecule is Clc1ccc2c(NCCNC3CCC4(CC3)OOC3(c5ccccc5)CC(c5ccccc5)=CC3O4)ccnc2c1.O=C(O)CC(O)(CC(=O)O)C(=O)O.O=C(O)CC(O)(CC(=O)O)C(=O)O. The number of aliphatic carboxylic acids is 6. The Morgan fingerprint density at radius 3 is 1.76 bits per heavy atom. The number of fused-ring (bicyclic) bond motifs is 2. The number of hydrogen-bond acceptors (Lipinski definition) is 14. The zero-order chi connectivity index (χ0) is 49.0. The van der Waals surface area contributed by atoms with Crippen molar-refractivity contribution in [1.82, 2.24) is 10.3 Å². The Balaban J connectivity index is 0.000000267. The van der Waals surface area contributed by atoms with Gasteiger partial charge in [-0.05, 0) is 59.9 Å². The van der Waals surface area contributed by atoms with E-state index in [9.17, 15) is 28.8 Å². The van der Waals surface area contributed by atoms with Crippen molar-refractivity contribution in [2.45, 2.75) is 92.5 Å². The molecule has 10 N–H and O–H groups in total. The van der Waals surface area contributed by atoms with Gasteiger partial charge in [0.1, 0.15) is 6.10 Å². The van der Waals surface area contributed by atoms with Crippen LogP contribution in [0.2, 0.25) is 5.02 Å². The molecule has 2 atom stereocenters. The number of nitrogens with one attached hydrogen (secondary N) is 2. The van der Waals surface area contributed by atoms with Crippen LogP contribution >= 0.6 is 11.6 Å². The van der Waals surface area contributed by atoms with Crippen molar-refractivity contribution in [3.05, 3.63) is 113 Å². The normalized spacial score (nSPS) is 21.0. The van der Waals surface area contributed by atoms with Gasteiger partial charge in [0.15, 0.2) is 16.8 Å². The second kappa shape index (κ2) is 22.3. The van der Waals surface area contributed by atoms with Gasteiger partial charge >= 0.3 is 35.8 Å². The van der Waals surface area contributed by atoms with Gasteiger partial charge in [-0.3, -0.25) is 24.2 Å². The number of carboxylic acid groups (broad SMARTS) is 6. The molecule has 1 aromatic heterocycles. The molecule has 2 aliphatic carbocycles. The van der Waals surface area contributed by atoms with Crippen LogP contribution in [0.4, 0.5) is 5.69 Å². The second-order valence-electron chi connectivity index (χ2n) is 16.2. The lowest BCUT2D eigenvalue weighted by Gasteiger charge is -2.49. The molecule has 2 heterocycles. The molecular weight excluding hydrogens is 902 g/mol. The van der Waals surface area contributed by atoms with E-state index in [1.807, 2.05) is 54.7 Å². The summed E-state index contributed by atoms with van der Waals surface area (Å²) in [5, 5.41) is 76.7. The maximum absolute atomic E-state index is 10.3. The first kappa shape index (κ1) is 51.5. The predicted octanol–water partition coefficient (Wildman–Crippen LogP) is 4.76. The van der Waals surface area contributed by atoms with Crippen LogP contribution < -0.4 is 10.6 Å². The summed E-state index contributed by atoms with van der Waals surface area (Å²) in [6.07, 6.45) is 3.46. The lowest BCUT2D eigenvalue weighted by atomic mass is 9.85. The van der Waals surface area contributed by atoms with E-state index in [0.29, 0.717) is 17.5 Å². The molecule has 0 amide bonds. The molecule has 21 heteroatoms. The highest BCUT2D eigenvalue weighted by Gasteiger charge is 2.57. The lowest BCUT2D eigenvalue weighted by molar-refractivity contribution is -0.531. The number of halogens is 1. The molecular formula is C46H50ClN3O17. The fraction of sp³-hybridized carbons (Fsp3) is 0.370. The third-order valence-electron chi connectivity index (χ3n) is 11.3. The van der Waals surface area contributed by atoms with Crippen LogP contribution in [0.3, 0.4) is 0 Å². The highest BCUT2D eigenvalue weighted by Crippen LogP contribution is 2.53. The number of carboxylic acids is 6. The van der Waals surface area contributed by atoms with E-state index >= 15 is 0 Å². The number of rotatable bonds is 17. The lowest BCUT2D eigenvalue weighted by Crippen LogP contribution is -2.56. The van der Waals surface area contributed by atoms with Crippen molar-refractivity contribution in [2.75, 3.05) is 18.4 Å². The van der Waals surface area contributed by atoms with Crippen LogP contribution in [-0.4, -0.2) is 124 Å². The summed E-state index contributed by atoms with van der Waals surface area (Å²) in [5.41, 5.74) is -0.687. The molecule has 1 aliphatic heterocycles. The molecule has 1 spiro atoms. The zero-order valence-corrected chi connectivity index (χ0v) is 36.5. The number of aromatic nitrogens is 1. The summed E-state index contributed by atoms with van der Waals surface area (Å²) in [4.78, 5) is 78.1. The third-order valence-corrected chi connectivity index (χ3v) is 11.5. The molecule has 2 unspecified atom stereocenters. The van der Waals surface area contributed by atoms with Gasteiger partial charge in [0.2, 0.25) is 5.79 Å². The van der Waals surface area contributed by atoms with Gasteiger partial charge in [0.05, 0.1) is 31.2 Å². The Hall–Kier alpha value is -6.52. The first-order chi connectivity index (χ1) is 31.7. The van der Waals surface area contributed by atoms with Gasteiger partial charge in [0.25, 0.3) is 0 Å². The molecule has 0 radical (unpaired) electrons. The molecule has 4 aromatic rings. The van der Waals surface area contributed by atoms with Crippen LogP contribution in [0.1, 0.15) is 68.9 Å². The Morgan fingerprint density at radius 1 is 0.701 bits per heavy atom. The molecule has 0 bridgehead atoms. The van der Waals surface area contributed by atoms with Crippen LogP contribution in [0.25, 0.3) is 16.5 Å². The molecule has 1 saturated heterocycles. The minimum atomic E-state index is -2.74.